The monoisotopic (exact) mass is 608 g/mol. The first-order valence-corrected chi connectivity index (χ1v) is 18.8. The lowest BCUT2D eigenvalue weighted by Gasteiger charge is -2.39. The minimum atomic E-state index is 0.0279. The predicted octanol–water partition coefficient (Wildman–Crippen LogP) is 12.2. The van der Waals surface area contributed by atoms with E-state index in [9.17, 15) is 10.5 Å². The molecule has 3 heteroatoms. The van der Waals surface area contributed by atoms with Crippen LogP contribution in [0.4, 0.5) is 0 Å². The van der Waals surface area contributed by atoms with Crippen LogP contribution in [0.5, 0.6) is 0 Å². The molecule has 3 nitrogen and oxygen atoms in total. The largest absolute Gasteiger partial charge is 0.365 e. The molecule has 0 spiro atoms. The van der Waals surface area contributed by atoms with E-state index in [2.05, 4.69) is 74.5 Å². The molecule has 0 aliphatic heterocycles. The van der Waals surface area contributed by atoms with Crippen LogP contribution < -0.4 is 0 Å². The quantitative estimate of drug-likeness (QED) is 0.158. The molecule has 2 saturated carbocycles. The molecule has 0 saturated heterocycles. The molecule has 4 rings (SSSR count). The number of hydrogen-bond acceptors (Lipinski definition) is 3. The summed E-state index contributed by atoms with van der Waals surface area (Å²) >= 11 is 0. The second kappa shape index (κ2) is 19.8. The van der Waals surface area contributed by atoms with Crippen LogP contribution in [0.15, 0.2) is 48.5 Å². The topological polar surface area (TPSA) is 56.8 Å². The van der Waals surface area contributed by atoms with E-state index in [0.717, 1.165) is 64.2 Å². The molecule has 2 aromatic carbocycles. The number of hydrogen-bond donors (Lipinski definition) is 0. The summed E-state index contributed by atoms with van der Waals surface area (Å²) in [5.41, 5.74) is 5.45. The van der Waals surface area contributed by atoms with E-state index in [1.54, 1.807) is 0 Å². The number of nitriles is 2. The summed E-state index contributed by atoms with van der Waals surface area (Å²) in [6.45, 7) is 4.55. The van der Waals surface area contributed by atoms with E-state index in [1.807, 2.05) is 0 Å². The van der Waals surface area contributed by atoms with Gasteiger partial charge in [0.2, 0.25) is 0 Å². The van der Waals surface area contributed by atoms with Crippen LogP contribution in [-0.2, 0) is 17.6 Å². The number of aryl methyl sites for hydroxylation is 2. The summed E-state index contributed by atoms with van der Waals surface area (Å²) in [4.78, 5) is 0. The van der Waals surface area contributed by atoms with Crippen LogP contribution in [0.25, 0.3) is 0 Å². The Labute approximate surface area is 275 Å². The minimum Gasteiger partial charge on any atom is -0.365 e. The van der Waals surface area contributed by atoms with Crippen molar-refractivity contribution in [2.45, 2.75) is 154 Å². The summed E-state index contributed by atoms with van der Waals surface area (Å²) in [6.07, 6.45) is 23.5. The fourth-order valence-corrected chi connectivity index (χ4v) is 7.80. The van der Waals surface area contributed by atoms with Crippen molar-refractivity contribution in [1.82, 2.24) is 0 Å². The van der Waals surface area contributed by atoms with Gasteiger partial charge in [-0.15, -0.1) is 0 Å². The molecule has 0 aromatic heterocycles. The van der Waals surface area contributed by atoms with Gasteiger partial charge >= 0.3 is 0 Å². The van der Waals surface area contributed by atoms with Crippen LogP contribution in [0.1, 0.15) is 164 Å². The molecular weight excluding hydrogens is 548 g/mol. The molecule has 45 heavy (non-hydrogen) atoms. The Morgan fingerprint density at radius 3 is 1.22 bits per heavy atom. The fourth-order valence-electron chi connectivity index (χ4n) is 7.80. The van der Waals surface area contributed by atoms with Crippen molar-refractivity contribution in [2.75, 3.05) is 0 Å². The fraction of sp³-hybridized carbons (Fsp3) is 0.667. The zero-order chi connectivity index (χ0) is 31.7. The lowest BCUT2D eigenvalue weighted by atomic mass is 9.76. The van der Waals surface area contributed by atoms with Crippen molar-refractivity contribution in [3.63, 3.8) is 0 Å². The molecule has 0 bridgehead atoms. The molecule has 2 aliphatic rings. The first-order valence-electron chi connectivity index (χ1n) is 18.8. The Balaban J connectivity index is 1.53. The van der Waals surface area contributed by atoms with Gasteiger partial charge in [-0.1, -0.05) is 114 Å². The van der Waals surface area contributed by atoms with Crippen molar-refractivity contribution in [3.05, 3.63) is 70.8 Å². The summed E-state index contributed by atoms with van der Waals surface area (Å²) < 4.78 is 7.40. The predicted molar refractivity (Wildman–Crippen MR) is 186 cm³/mol. The smallest absolute Gasteiger partial charge is 0.0861 e. The van der Waals surface area contributed by atoms with Gasteiger partial charge in [-0.3, -0.25) is 0 Å². The van der Waals surface area contributed by atoms with Crippen LogP contribution in [0.2, 0.25) is 0 Å². The Morgan fingerprint density at radius 2 is 0.889 bits per heavy atom. The molecular formula is C42H60N2O. The van der Waals surface area contributed by atoms with Gasteiger partial charge in [0, 0.05) is 11.8 Å². The number of nitrogens with zero attached hydrogens (tertiary/aromatic N) is 2. The van der Waals surface area contributed by atoms with Crippen molar-refractivity contribution in [1.29, 1.82) is 10.5 Å². The number of unbranched alkanes of at least 4 members (excludes halogenated alkanes) is 8. The summed E-state index contributed by atoms with van der Waals surface area (Å²) in [5.74, 6) is 1.22. The summed E-state index contributed by atoms with van der Waals surface area (Å²) in [6, 6.07) is 23.8. The molecule has 2 aliphatic carbocycles. The molecule has 0 radical (unpaired) electrons. The molecule has 2 atom stereocenters. The number of rotatable bonds is 18. The molecule has 244 valence electrons. The van der Waals surface area contributed by atoms with Gasteiger partial charge in [0.15, 0.2) is 0 Å². The van der Waals surface area contributed by atoms with E-state index < -0.39 is 0 Å². The zero-order valence-electron chi connectivity index (χ0n) is 28.5. The highest BCUT2D eigenvalue weighted by Crippen LogP contribution is 2.46. The second-order valence-electron chi connectivity index (χ2n) is 14.3. The van der Waals surface area contributed by atoms with Gasteiger partial charge in [0.25, 0.3) is 0 Å². The van der Waals surface area contributed by atoms with Crippen LogP contribution in [0, 0.1) is 46.3 Å². The molecule has 2 unspecified atom stereocenters. The Bertz CT molecular complexity index is 1060. The van der Waals surface area contributed by atoms with E-state index >= 15 is 0 Å². The number of benzene rings is 2. The second-order valence-corrected chi connectivity index (χ2v) is 14.3. The molecule has 0 amide bonds. The SMILES string of the molecule is CCCCCCCc1ccc(C(OC(c2ccc(CCCCCCC)cc2)C2CCC(C#N)CC2)C2CCC(C#N)CC2)cc1. The minimum absolute atomic E-state index is 0.0279. The van der Waals surface area contributed by atoms with E-state index in [1.165, 1.54) is 86.5 Å². The average Bonchev–Trinajstić information content (AvgIpc) is 3.09. The Hall–Kier alpha value is -2.62. The van der Waals surface area contributed by atoms with Gasteiger partial charge in [-0.2, -0.15) is 10.5 Å². The lowest BCUT2D eigenvalue weighted by Crippen LogP contribution is -2.28. The Morgan fingerprint density at radius 1 is 0.533 bits per heavy atom. The third kappa shape index (κ3) is 11.3. The third-order valence-corrected chi connectivity index (χ3v) is 10.8. The zero-order valence-corrected chi connectivity index (χ0v) is 28.5. The van der Waals surface area contributed by atoms with Crippen molar-refractivity contribution >= 4 is 0 Å². The average molecular weight is 609 g/mol. The van der Waals surface area contributed by atoms with Gasteiger partial charge in [-0.25, -0.2) is 0 Å². The standard InChI is InChI=1S/C42H60N2O/c1-3-5-7-9-11-13-33-15-23-37(24-16-33)41(39-27-19-35(31-43)20-28-39)45-42(40-29-21-36(32-44)22-30-40)38-25-17-34(18-26-38)14-12-10-8-6-4-2/h15-18,23-26,35-36,39-42H,3-14,19-22,27-30H2,1-2H3. The number of ether oxygens (including phenoxy) is 1. The Kier molecular flexibility index (Phi) is 15.5. The maximum absolute atomic E-state index is 9.60. The third-order valence-electron chi connectivity index (χ3n) is 10.8. The van der Waals surface area contributed by atoms with Gasteiger partial charge in [-0.05, 0) is 111 Å². The van der Waals surface area contributed by atoms with Crippen molar-refractivity contribution in [2.24, 2.45) is 23.7 Å². The molecule has 0 N–H and O–H groups in total. The van der Waals surface area contributed by atoms with Crippen LogP contribution in [-0.4, -0.2) is 0 Å². The first kappa shape index (κ1) is 35.2. The molecule has 2 fully saturated rings. The first-order chi connectivity index (χ1) is 22.1. The highest BCUT2D eigenvalue weighted by Gasteiger charge is 2.35. The van der Waals surface area contributed by atoms with Gasteiger partial charge in [0.05, 0.1) is 24.3 Å². The van der Waals surface area contributed by atoms with Crippen LogP contribution in [0.3, 0.4) is 0 Å². The van der Waals surface area contributed by atoms with Gasteiger partial charge < -0.3 is 4.74 Å². The van der Waals surface area contributed by atoms with Gasteiger partial charge in [0.1, 0.15) is 0 Å². The molecule has 0 heterocycles. The van der Waals surface area contributed by atoms with E-state index in [4.69, 9.17) is 4.74 Å². The highest BCUT2D eigenvalue weighted by atomic mass is 16.5. The van der Waals surface area contributed by atoms with Crippen molar-refractivity contribution in [3.8, 4) is 12.1 Å². The highest BCUT2D eigenvalue weighted by molar-refractivity contribution is 5.28. The van der Waals surface area contributed by atoms with Crippen molar-refractivity contribution < 1.29 is 4.74 Å². The maximum atomic E-state index is 9.60. The van der Waals surface area contributed by atoms with E-state index in [-0.39, 0.29) is 24.0 Å². The summed E-state index contributed by atoms with van der Waals surface area (Å²) in [7, 11) is 0. The van der Waals surface area contributed by atoms with E-state index in [0.29, 0.717) is 11.8 Å². The molecule has 2 aromatic rings. The van der Waals surface area contributed by atoms with Crippen LogP contribution >= 0.6 is 0 Å². The normalized spacial score (nSPS) is 23.1. The summed E-state index contributed by atoms with van der Waals surface area (Å²) in [5, 5.41) is 19.2. The maximum Gasteiger partial charge on any atom is 0.0861 e. The lowest BCUT2D eigenvalue weighted by molar-refractivity contribution is -0.0887.